The molecule has 0 bridgehead atoms. The van der Waals surface area contributed by atoms with Crippen molar-refractivity contribution in [1.29, 1.82) is 0 Å². The van der Waals surface area contributed by atoms with Crippen LogP contribution >= 0.6 is 11.3 Å². The lowest BCUT2D eigenvalue weighted by Gasteiger charge is -2.01. The van der Waals surface area contributed by atoms with Gasteiger partial charge in [0, 0.05) is 23.5 Å². The first-order chi connectivity index (χ1) is 7.25. The molecular formula is C9H10N4OS. The summed E-state index contributed by atoms with van der Waals surface area (Å²) in [7, 11) is 0. The summed E-state index contributed by atoms with van der Waals surface area (Å²) in [5.41, 5.74) is 0. The molecule has 0 saturated carbocycles. The summed E-state index contributed by atoms with van der Waals surface area (Å²) in [6.07, 6.45) is 6.42. The Bertz CT molecular complexity index is 448. The predicted molar refractivity (Wildman–Crippen MR) is 56.7 cm³/mol. The van der Waals surface area contributed by atoms with E-state index in [1.165, 1.54) is 10.9 Å². The third-order valence-corrected chi connectivity index (χ3v) is 2.71. The van der Waals surface area contributed by atoms with Crippen LogP contribution in [0.25, 0.3) is 0 Å². The Morgan fingerprint density at radius 1 is 1.67 bits per heavy atom. The highest BCUT2D eigenvalue weighted by atomic mass is 32.1. The van der Waals surface area contributed by atoms with Crippen LogP contribution in [0, 0.1) is 6.92 Å². The largest absolute Gasteiger partial charge is 0.331 e. The van der Waals surface area contributed by atoms with Gasteiger partial charge in [-0.1, -0.05) is 0 Å². The number of amides is 1. The van der Waals surface area contributed by atoms with Crippen molar-refractivity contribution in [2.45, 2.75) is 13.5 Å². The normalized spacial score (nSPS) is 10.2. The summed E-state index contributed by atoms with van der Waals surface area (Å²) < 4.78 is 1.39. The van der Waals surface area contributed by atoms with E-state index in [-0.39, 0.29) is 6.03 Å². The first-order valence-electron chi connectivity index (χ1n) is 4.43. The van der Waals surface area contributed by atoms with Crippen molar-refractivity contribution in [2.75, 3.05) is 0 Å². The molecule has 0 aliphatic heterocycles. The van der Waals surface area contributed by atoms with E-state index in [4.69, 9.17) is 0 Å². The molecule has 0 saturated heterocycles. The van der Waals surface area contributed by atoms with Gasteiger partial charge in [-0.2, -0.15) is 0 Å². The molecule has 0 atom stereocenters. The number of carbonyl (C=O) groups is 1. The molecule has 78 valence electrons. The third kappa shape index (κ3) is 2.41. The van der Waals surface area contributed by atoms with Crippen LogP contribution in [0.3, 0.4) is 0 Å². The summed E-state index contributed by atoms with van der Waals surface area (Å²) in [5.74, 6) is 0. The topological polar surface area (TPSA) is 59.8 Å². The van der Waals surface area contributed by atoms with Crippen LogP contribution < -0.4 is 5.32 Å². The number of rotatable bonds is 2. The monoisotopic (exact) mass is 222 g/mol. The van der Waals surface area contributed by atoms with Crippen molar-refractivity contribution in [3.8, 4) is 0 Å². The zero-order chi connectivity index (χ0) is 10.7. The summed E-state index contributed by atoms with van der Waals surface area (Å²) in [4.78, 5) is 20.6. The zero-order valence-corrected chi connectivity index (χ0v) is 8.99. The smallest absolute Gasteiger partial charge is 0.327 e. The number of imidazole rings is 1. The lowest BCUT2D eigenvalue weighted by Crippen LogP contribution is -2.26. The number of aryl methyl sites for hydroxylation is 1. The van der Waals surface area contributed by atoms with Crippen molar-refractivity contribution < 1.29 is 4.79 Å². The van der Waals surface area contributed by atoms with Gasteiger partial charge < -0.3 is 5.32 Å². The molecule has 2 aromatic heterocycles. The Balaban J connectivity index is 1.91. The fourth-order valence-electron chi connectivity index (χ4n) is 1.10. The van der Waals surface area contributed by atoms with Gasteiger partial charge in [-0.05, 0) is 6.92 Å². The van der Waals surface area contributed by atoms with Gasteiger partial charge in [0.05, 0.1) is 6.54 Å². The standard InChI is InChI=1S/C9H10N4OS/c1-7-4-11-8(15-7)5-12-9(14)13-3-2-10-6-13/h2-4,6H,5H2,1H3,(H,12,14). The predicted octanol–water partition coefficient (Wildman–Crippen LogP) is 1.41. The summed E-state index contributed by atoms with van der Waals surface area (Å²) >= 11 is 1.58. The van der Waals surface area contributed by atoms with E-state index in [1.807, 2.05) is 6.92 Å². The fraction of sp³-hybridized carbons (Fsp3) is 0.222. The molecule has 0 unspecified atom stereocenters. The van der Waals surface area contributed by atoms with Crippen LogP contribution in [0.5, 0.6) is 0 Å². The minimum atomic E-state index is -0.194. The third-order valence-electron chi connectivity index (χ3n) is 1.80. The van der Waals surface area contributed by atoms with E-state index in [0.29, 0.717) is 6.54 Å². The van der Waals surface area contributed by atoms with Crippen molar-refractivity contribution in [2.24, 2.45) is 0 Å². The fourth-order valence-corrected chi connectivity index (χ4v) is 1.83. The number of hydrogen-bond donors (Lipinski definition) is 1. The van der Waals surface area contributed by atoms with E-state index >= 15 is 0 Å². The second kappa shape index (κ2) is 4.22. The molecule has 2 rings (SSSR count). The van der Waals surface area contributed by atoms with Gasteiger partial charge in [-0.15, -0.1) is 11.3 Å². The summed E-state index contributed by atoms with van der Waals surface area (Å²) in [6, 6.07) is -0.194. The van der Waals surface area contributed by atoms with E-state index in [9.17, 15) is 4.79 Å². The van der Waals surface area contributed by atoms with Crippen molar-refractivity contribution in [3.05, 3.63) is 34.8 Å². The van der Waals surface area contributed by atoms with Crippen molar-refractivity contribution in [1.82, 2.24) is 19.9 Å². The maximum absolute atomic E-state index is 11.5. The molecule has 15 heavy (non-hydrogen) atoms. The summed E-state index contributed by atoms with van der Waals surface area (Å²) in [6.45, 7) is 2.44. The van der Waals surface area contributed by atoms with E-state index < -0.39 is 0 Å². The first-order valence-corrected chi connectivity index (χ1v) is 5.25. The van der Waals surface area contributed by atoms with Crippen LogP contribution in [-0.2, 0) is 6.54 Å². The molecule has 0 aliphatic carbocycles. The number of hydrogen-bond acceptors (Lipinski definition) is 4. The molecule has 1 N–H and O–H groups in total. The van der Waals surface area contributed by atoms with E-state index in [2.05, 4.69) is 15.3 Å². The minimum Gasteiger partial charge on any atom is -0.331 e. The quantitative estimate of drug-likeness (QED) is 0.835. The molecule has 0 spiro atoms. The zero-order valence-electron chi connectivity index (χ0n) is 8.17. The number of thiazole rings is 1. The second-order valence-corrected chi connectivity index (χ2v) is 4.31. The lowest BCUT2D eigenvalue weighted by atomic mass is 10.6. The van der Waals surface area contributed by atoms with E-state index in [1.54, 1.807) is 29.9 Å². The second-order valence-electron chi connectivity index (χ2n) is 2.99. The average molecular weight is 222 g/mol. The summed E-state index contributed by atoms with van der Waals surface area (Å²) in [5, 5.41) is 3.65. The Labute approximate surface area is 90.8 Å². The molecule has 0 aromatic carbocycles. The number of aromatic nitrogens is 3. The Hall–Kier alpha value is -1.69. The van der Waals surface area contributed by atoms with Gasteiger partial charge in [0.1, 0.15) is 11.3 Å². The Morgan fingerprint density at radius 3 is 3.13 bits per heavy atom. The molecule has 0 fully saturated rings. The molecule has 0 radical (unpaired) electrons. The molecule has 0 aliphatic rings. The van der Waals surface area contributed by atoms with E-state index in [0.717, 1.165) is 9.88 Å². The van der Waals surface area contributed by atoms with Gasteiger partial charge in [-0.3, -0.25) is 4.57 Å². The SMILES string of the molecule is Cc1cnc(CNC(=O)n2ccnc2)s1. The maximum atomic E-state index is 11.5. The minimum absolute atomic E-state index is 0.194. The molecule has 2 aromatic rings. The van der Waals surface area contributed by atoms with Crippen LogP contribution in [0.1, 0.15) is 9.88 Å². The Kier molecular flexibility index (Phi) is 2.77. The lowest BCUT2D eigenvalue weighted by molar-refractivity contribution is 0.242. The highest BCUT2D eigenvalue weighted by Crippen LogP contribution is 2.10. The van der Waals surface area contributed by atoms with Crippen LogP contribution in [0.4, 0.5) is 4.79 Å². The van der Waals surface area contributed by atoms with Crippen LogP contribution in [0.2, 0.25) is 0 Å². The molecule has 5 nitrogen and oxygen atoms in total. The maximum Gasteiger partial charge on any atom is 0.327 e. The Morgan fingerprint density at radius 2 is 2.53 bits per heavy atom. The first kappa shape index (κ1) is 9.85. The highest BCUT2D eigenvalue weighted by Gasteiger charge is 2.04. The van der Waals surface area contributed by atoms with Crippen LogP contribution in [0.15, 0.2) is 24.9 Å². The van der Waals surface area contributed by atoms with Crippen LogP contribution in [-0.4, -0.2) is 20.6 Å². The number of carbonyl (C=O) groups excluding carboxylic acids is 1. The molecular weight excluding hydrogens is 212 g/mol. The average Bonchev–Trinajstić information content (AvgIpc) is 2.84. The molecule has 2 heterocycles. The number of nitrogens with one attached hydrogen (secondary N) is 1. The van der Waals surface area contributed by atoms with Gasteiger partial charge in [0.15, 0.2) is 0 Å². The van der Waals surface area contributed by atoms with Crippen molar-refractivity contribution in [3.63, 3.8) is 0 Å². The molecule has 1 amide bonds. The number of nitrogens with zero attached hydrogens (tertiary/aromatic N) is 3. The van der Waals surface area contributed by atoms with Crippen molar-refractivity contribution >= 4 is 17.4 Å². The highest BCUT2D eigenvalue weighted by molar-refractivity contribution is 7.11. The van der Waals surface area contributed by atoms with Gasteiger partial charge in [-0.25, -0.2) is 14.8 Å². The van der Waals surface area contributed by atoms with Gasteiger partial charge >= 0.3 is 6.03 Å². The van der Waals surface area contributed by atoms with Gasteiger partial charge in [0.2, 0.25) is 0 Å². The molecule has 6 heteroatoms. The van der Waals surface area contributed by atoms with Gasteiger partial charge in [0.25, 0.3) is 0 Å².